The van der Waals surface area contributed by atoms with Crippen LogP contribution in [0.25, 0.3) is 38.1 Å². The van der Waals surface area contributed by atoms with Crippen LogP contribution in [0.4, 0.5) is 17.1 Å². The number of hydrogen-bond donors (Lipinski definition) is 0. The lowest BCUT2D eigenvalue weighted by Crippen LogP contribution is -2.37. The second kappa shape index (κ2) is 9.07. The fraction of sp³-hybridized carbons (Fsp3) is 0.0233. The Morgan fingerprint density at radius 2 is 0.889 bits per heavy atom. The Morgan fingerprint density at radius 1 is 0.378 bits per heavy atom. The zero-order valence-corrected chi connectivity index (χ0v) is 24.6. The van der Waals surface area contributed by atoms with Gasteiger partial charge < -0.3 is 9.30 Å². The molecule has 9 aromatic rings. The number of para-hydroxylation sites is 4. The predicted octanol–water partition coefficient (Wildman–Crippen LogP) is 11.0. The maximum absolute atomic E-state index is 2.47. The van der Waals surface area contributed by atoms with Gasteiger partial charge in [-0.25, -0.2) is 0 Å². The Hall–Kier alpha value is -5.86. The number of hydrogen-bond acceptors (Lipinski definition) is 1. The van der Waals surface area contributed by atoms with E-state index in [1.54, 1.807) is 0 Å². The van der Waals surface area contributed by atoms with E-state index >= 15 is 0 Å². The quantitative estimate of drug-likeness (QED) is 0.204. The highest BCUT2D eigenvalue weighted by Crippen LogP contribution is 2.57. The number of fused-ring (bicyclic) bond motifs is 8. The van der Waals surface area contributed by atoms with Crippen LogP contribution in [0.15, 0.2) is 170 Å². The van der Waals surface area contributed by atoms with Gasteiger partial charge >= 0.3 is 0 Å². The molecule has 0 bridgehead atoms. The van der Waals surface area contributed by atoms with E-state index in [0.717, 1.165) is 5.69 Å². The Balaban J connectivity index is 1.29. The summed E-state index contributed by atoms with van der Waals surface area (Å²) in [5.74, 6) is 0. The van der Waals surface area contributed by atoms with Crippen molar-refractivity contribution in [3.63, 3.8) is 0 Å². The molecule has 0 amide bonds. The Bertz CT molecular complexity index is 2450. The molecule has 0 radical (unpaired) electrons. The molecule has 2 nitrogen and oxygen atoms in total. The third-order valence-electron chi connectivity index (χ3n) is 9.98. The van der Waals surface area contributed by atoms with E-state index in [4.69, 9.17) is 0 Å². The van der Waals surface area contributed by atoms with Crippen LogP contribution in [0.2, 0.25) is 0 Å². The smallest absolute Gasteiger partial charge is 0.0742 e. The predicted molar refractivity (Wildman–Crippen MR) is 188 cm³/mol. The lowest BCUT2D eigenvalue weighted by molar-refractivity contribution is 0.731. The first-order valence-corrected chi connectivity index (χ1v) is 15.6. The van der Waals surface area contributed by atoms with Crippen molar-refractivity contribution in [3.05, 3.63) is 192 Å². The zero-order chi connectivity index (χ0) is 29.5. The first kappa shape index (κ1) is 24.6. The second-order valence-electron chi connectivity index (χ2n) is 12.1. The average molecular weight is 573 g/mol. The van der Waals surface area contributed by atoms with Crippen molar-refractivity contribution >= 4 is 55.2 Å². The molecule has 2 heteroatoms. The molecule has 10 rings (SSSR count). The molecule has 0 fully saturated rings. The summed E-state index contributed by atoms with van der Waals surface area (Å²) >= 11 is 0. The fourth-order valence-corrected chi connectivity index (χ4v) is 8.25. The molecule has 0 aliphatic carbocycles. The molecule has 0 unspecified atom stereocenters. The van der Waals surface area contributed by atoms with Gasteiger partial charge in [-0.2, -0.15) is 0 Å². The minimum absolute atomic E-state index is 0.466. The van der Waals surface area contributed by atoms with Crippen LogP contribution in [-0.4, -0.2) is 4.40 Å². The molecule has 45 heavy (non-hydrogen) atoms. The maximum Gasteiger partial charge on any atom is 0.0742 e. The average Bonchev–Trinajstić information content (AvgIpc) is 3.63. The molecule has 3 heterocycles. The number of aromatic nitrogens is 1. The van der Waals surface area contributed by atoms with Crippen molar-refractivity contribution < 1.29 is 0 Å². The molecular formula is C43H28N2. The Morgan fingerprint density at radius 3 is 1.56 bits per heavy atom. The van der Waals surface area contributed by atoms with Crippen molar-refractivity contribution in [1.82, 2.24) is 4.40 Å². The van der Waals surface area contributed by atoms with Crippen LogP contribution >= 0.6 is 0 Å². The molecule has 0 saturated heterocycles. The first-order chi connectivity index (χ1) is 22.4. The highest BCUT2D eigenvalue weighted by atomic mass is 15.2. The molecule has 0 spiro atoms. The van der Waals surface area contributed by atoms with E-state index in [2.05, 4.69) is 179 Å². The summed E-state index contributed by atoms with van der Waals surface area (Å²) in [6.07, 6.45) is 0. The van der Waals surface area contributed by atoms with Crippen LogP contribution in [-0.2, 0) is 5.41 Å². The van der Waals surface area contributed by atoms with E-state index in [-0.39, 0.29) is 0 Å². The molecule has 0 atom stereocenters. The van der Waals surface area contributed by atoms with Gasteiger partial charge in [-0.1, -0.05) is 133 Å². The van der Waals surface area contributed by atoms with Crippen molar-refractivity contribution in [2.75, 3.05) is 4.90 Å². The third-order valence-corrected chi connectivity index (χ3v) is 9.98. The molecular weight excluding hydrogens is 544 g/mol. The van der Waals surface area contributed by atoms with Crippen LogP contribution in [0.5, 0.6) is 0 Å². The summed E-state index contributed by atoms with van der Waals surface area (Å²) in [7, 11) is 0. The number of rotatable bonds is 3. The van der Waals surface area contributed by atoms with E-state index < -0.39 is 5.41 Å². The summed E-state index contributed by atoms with van der Waals surface area (Å²) in [4.78, 5) is 2.47. The van der Waals surface area contributed by atoms with Crippen LogP contribution in [0.3, 0.4) is 0 Å². The van der Waals surface area contributed by atoms with E-state index in [9.17, 15) is 0 Å². The molecule has 210 valence electrons. The number of benzene rings is 7. The standard InChI is InChI=1S/C43H28N2/c1-3-14-29(15-4-1)43(30-16-5-2-6-17-30)36-21-8-11-24-40(36)44(41-25-12-9-22-37(41)43)31-26-27-39-35(28-31)34-20-13-19-33-32-18-7-10-23-38(32)45(39)42(33)34/h1-28H. The summed E-state index contributed by atoms with van der Waals surface area (Å²) in [5.41, 5.74) is 12.0. The van der Waals surface area contributed by atoms with Gasteiger partial charge in [0.25, 0.3) is 0 Å². The van der Waals surface area contributed by atoms with Gasteiger partial charge in [0.15, 0.2) is 0 Å². The number of anilines is 3. The zero-order valence-electron chi connectivity index (χ0n) is 24.6. The van der Waals surface area contributed by atoms with Gasteiger partial charge in [-0.05, 0) is 58.7 Å². The van der Waals surface area contributed by atoms with E-state index in [1.807, 2.05) is 0 Å². The molecule has 0 N–H and O–H groups in total. The summed E-state index contributed by atoms with van der Waals surface area (Å²) < 4.78 is 2.45. The highest BCUT2D eigenvalue weighted by molar-refractivity contribution is 6.23. The minimum atomic E-state index is -0.466. The Kier molecular flexibility index (Phi) is 4.95. The summed E-state index contributed by atoms with van der Waals surface area (Å²) in [5, 5.41) is 5.19. The van der Waals surface area contributed by atoms with Gasteiger partial charge in [0.2, 0.25) is 0 Å². The molecule has 7 aromatic carbocycles. The second-order valence-corrected chi connectivity index (χ2v) is 12.1. The van der Waals surface area contributed by atoms with Crippen molar-refractivity contribution in [2.24, 2.45) is 0 Å². The summed E-state index contributed by atoms with van der Waals surface area (Å²) in [6, 6.07) is 62.5. The van der Waals surface area contributed by atoms with E-state index in [1.165, 1.54) is 71.7 Å². The van der Waals surface area contributed by atoms with E-state index in [0.29, 0.717) is 0 Å². The lowest BCUT2D eigenvalue weighted by atomic mass is 9.62. The highest BCUT2D eigenvalue weighted by Gasteiger charge is 2.46. The van der Waals surface area contributed by atoms with Gasteiger partial charge in [0.05, 0.1) is 33.3 Å². The Labute approximate surface area is 261 Å². The lowest BCUT2D eigenvalue weighted by Gasteiger charge is -2.46. The van der Waals surface area contributed by atoms with Gasteiger partial charge in [-0.3, -0.25) is 0 Å². The van der Waals surface area contributed by atoms with Crippen LogP contribution in [0, 0.1) is 0 Å². The van der Waals surface area contributed by atoms with Crippen LogP contribution in [0.1, 0.15) is 22.3 Å². The van der Waals surface area contributed by atoms with Crippen molar-refractivity contribution in [2.45, 2.75) is 5.41 Å². The van der Waals surface area contributed by atoms with Gasteiger partial charge in [0, 0.05) is 27.2 Å². The minimum Gasteiger partial charge on any atom is -0.310 e. The van der Waals surface area contributed by atoms with Crippen molar-refractivity contribution in [3.8, 4) is 0 Å². The van der Waals surface area contributed by atoms with Gasteiger partial charge in [0.1, 0.15) is 0 Å². The number of nitrogens with zero attached hydrogens (tertiary/aromatic N) is 2. The normalized spacial score (nSPS) is 13.9. The molecule has 2 aromatic heterocycles. The molecule has 0 saturated carbocycles. The largest absolute Gasteiger partial charge is 0.310 e. The topological polar surface area (TPSA) is 7.65 Å². The molecule has 1 aliphatic heterocycles. The van der Waals surface area contributed by atoms with Crippen LogP contribution < -0.4 is 4.90 Å². The monoisotopic (exact) mass is 572 g/mol. The SMILES string of the molecule is c1ccc(C2(c3ccccc3)c3ccccc3N(c3ccc4c(c3)c3cccc5c6ccccc6n4c53)c3ccccc32)cc1. The fourth-order valence-electron chi connectivity index (χ4n) is 8.25. The van der Waals surface area contributed by atoms with Gasteiger partial charge in [-0.15, -0.1) is 0 Å². The summed E-state index contributed by atoms with van der Waals surface area (Å²) in [6.45, 7) is 0. The third kappa shape index (κ3) is 3.13. The molecule has 1 aliphatic rings. The van der Waals surface area contributed by atoms with Crippen molar-refractivity contribution in [1.29, 1.82) is 0 Å². The maximum atomic E-state index is 2.47. The first-order valence-electron chi connectivity index (χ1n) is 15.6.